The molecule has 0 bridgehead atoms. The maximum absolute atomic E-state index is 11.7. The van der Waals surface area contributed by atoms with Crippen LogP contribution in [0.4, 0.5) is 5.95 Å². The standard InChI is InChI=1S/C12H19N5O5/c1-5(12(2,22)8(20)6(19)3-18)17-4-14-7-9(17)15-11(13)16-10(7)21/h4-6,8,18-20,22H,3H2,1-2H3,(H3,13,15,16,21)/t5-,6-,8?,12?/m1/s1. The molecular formula is C12H19N5O5. The molecule has 10 nitrogen and oxygen atoms in total. The van der Waals surface area contributed by atoms with E-state index in [-0.39, 0.29) is 17.1 Å². The van der Waals surface area contributed by atoms with Crippen LogP contribution in [0, 0.1) is 0 Å². The largest absolute Gasteiger partial charge is 0.394 e. The second-order valence-electron chi connectivity index (χ2n) is 5.37. The number of nitrogen functional groups attached to an aromatic ring is 1. The summed E-state index contributed by atoms with van der Waals surface area (Å²) in [6, 6.07) is -0.817. The molecule has 2 aromatic rings. The zero-order valence-corrected chi connectivity index (χ0v) is 12.1. The highest BCUT2D eigenvalue weighted by atomic mass is 16.4. The van der Waals surface area contributed by atoms with E-state index in [1.54, 1.807) is 6.92 Å². The van der Waals surface area contributed by atoms with Crippen LogP contribution >= 0.6 is 0 Å². The molecule has 2 heterocycles. The lowest BCUT2D eigenvalue weighted by Gasteiger charge is -2.37. The molecule has 0 aliphatic heterocycles. The number of fused-ring (bicyclic) bond motifs is 1. The Balaban J connectivity index is 2.49. The second kappa shape index (κ2) is 5.65. The molecule has 10 heteroatoms. The van der Waals surface area contributed by atoms with Crippen molar-refractivity contribution in [2.75, 3.05) is 12.3 Å². The second-order valence-corrected chi connectivity index (χ2v) is 5.37. The molecule has 0 fully saturated rings. The molecule has 0 aliphatic carbocycles. The predicted octanol–water partition coefficient (Wildman–Crippen LogP) is -2.27. The third kappa shape index (κ3) is 2.57. The molecule has 2 rings (SSSR count). The molecule has 122 valence electrons. The van der Waals surface area contributed by atoms with Gasteiger partial charge >= 0.3 is 0 Å². The molecule has 0 spiro atoms. The quantitative estimate of drug-likeness (QED) is 0.358. The van der Waals surface area contributed by atoms with Gasteiger partial charge in [0.2, 0.25) is 5.95 Å². The van der Waals surface area contributed by atoms with E-state index >= 15 is 0 Å². The first-order valence-corrected chi connectivity index (χ1v) is 6.61. The summed E-state index contributed by atoms with van der Waals surface area (Å²) in [5.41, 5.74) is 3.32. The number of rotatable bonds is 5. The highest BCUT2D eigenvalue weighted by Gasteiger charge is 2.41. The highest BCUT2D eigenvalue weighted by molar-refractivity contribution is 5.70. The minimum absolute atomic E-state index is 0.0362. The molecular weight excluding hydrogens is 294 g/mol. The first-order valence-electron chi connectivity index (χ1n) is 6.61. The van der Waals surface area contributed by atoms with Gasteiger partial charge in [-0.3, -0.25) is 9.78 Å². The van der Waals surface area contributed by atoms with Crippen LogP contribution in [-0.2, 0) is 0 Å². The van der Waals surface area contributed by atoms with Crippen LogP contribution in [0.2, 0.25) is 0 Å². The van der Waals surface area contributed by atoms with E-state index in [0.717, 1.165) is 0 Å². The average Bonchev–Trinajstić information content (AvgIpc) is 2.88. The number of nitrogens with two attached hydrogens (primary N) is 1. The molecule has 0 saturated heterocycles. The normalized spacial score (nSPS) is 18.8. The van der Waals surface area contributed by atoms with Gasteiger partial charge in [0.05, 0.1) is 19.0 Å². The van der Waals surface area contributed by atoms with Gasteiger partial charge in [-0.2, -0.15) is 4.98 Å². The van der Waals surface area contributed by atoms with Crippen molar-refractivity contribution >= 4 is 17.1 Å². The number of aliphatic hydroxyl groups excluding tert-OH is 3. The number of aromatic amines is 1. The first kappa shape index (κ1) is 16.4. The Kier molecular flexibility index (Phi) is 4.20. The molecule has 4 atom stereocenters. The van der Waals surface area contributed by atoms with Crippen molar-refractivity contribution in [1.29, 1.82) is 0 Å². The van der Waals surface area contributed by atoms with Gasteiger partial charge in [0.25, 0.3) is 5.56 Å². The maximum Gasteiger partial charge on any atom is 0.280 e. The van der Waals surface area contributed by atoms with Crippen molar-refractivity contribution in [1.82, 2.24) is 19.5 Å². The van der Waals surface area contributed by atoms with E-state index in [4.69, 9.17) is 10.8 Å². The summed E-state index contributed by atoms with van der Waals surface area (Å²) in [7, 11) is 0. The van der Waals surface area contributed by atoms with Gasteiger partial charge in [0.1, 0.15) is 17.8 Å². The van der Waals surface area contributed by atoms with E-state index in [1.165, 1.54) is 17.8 Å². The predicted molar refractivity (Wildman–Crippen MR) is 77.0 cm³/mol. The summed E-state index contributed by atoms with van der Waals surface area (Å²) in [5, 5.41) is 38.9. The summed E-state index contributed by atoms with van der Waals surface area (Å²) in [6.07, 6.45) is -1.86. The number of H-pyrrole nitrogens is 1. The van der Waals surface area contributed by atoms with Crippen molar-refractivity contribution < 1.29 is 20.4 Å². The Hall–Kier alpha value is -2.01. The Morgan fingerprint density at radius 1 is 1.50 bits per heavy atom. The SMILES string of the molecule is C[C@@H](n1cnc2c(=O)[nH]c(N)nc21)C(C)(O)C(O)[C@H](O)CO. The van der Waals surface area contributed by atoms with Gasteiger partial charge in [-0.15, -0.1) is 0 Å². The zero-order valence-electron chi connectivity index (χ0n) is 12.1. The lowest BCUT2D eigenvalue weighted by molar-refractivity contribution is -0.144. The summed E-state index contributed by atoms with van der Waals surface area (Å²) in [5.74, 6) is -0.109. The number of hydrogen-bond acceptors (Lipinski definition) is 8. The number of nitrogens with zero attached hydrogens (tertiary/aromatic N) is 3. The van der Waals surface area contributed by atoms with E-state index < -0.39 is 36.0 Å². The molecule has 0 amide bonds. The third-order valence-corrected chi connectivity index (χ3v) is 3.86. The van der Waals surface area contributed by atoms with E-state index in [0.29, 0.717) is 0 Å². The third-order valence-electron chi connectivity index (χ3n) is 3.86. The van der Waals surface area contributed by atoms with E-state index in [2.05, 4.69) is 15.0 Å². The number of imidazole rings is 1. The Bertz CT molecular complexity index is 724. The van der Waals surface area contributed by atoms with Gasteiger partial charge in [0.15, 0.2) is 11.2 Å². The van der Waals surface area contributed by atoms with E-state index in [9.17, 15) is 20.1 Å². The number of aromatic nitrogens is 4. The molecule has 0 saturated carbocycles. The number of nitrogens with one attached hydrogen (secondary N) is 1. The highest BCUT2D eigenvalue weighted by Crippen LogP contribution is 2.29. The van der Waals surface area contributed by atoms with Crippen LogP contribution in [0.25, 0.3) is 11.2 Å². The zero-order chi connectivity index (χ0) is 16.7. The van der Waals surface area contributed by atoms with Crippen molar-refractivity contribution in [2.45, 2.75) is 37.7 Å². The van der Waals surface area contributed by atoms with Crippen LogP contribution in [-0.4, -0.2) is 64.4 Å². The maximum atomic E-state index is 11.7. The molecule has 0 aliphatic rings. The number of hydrogen-bond donors (Lipinski definition) is 6. The van der Waals surface area contributed by atoms with Crippen molar-refractivity contribution in [3.05, 3.63) is 16.7 Å². The summed E-state index contributed by atoms with van der Waals surface area (Å²) in [4.78, 5) is 21.9. The molecule has 0 radical (unpaired) electrons. The van der Waals surface area contributed by atoms with Crippen LogP contribution in [0.15, 0.2) is 11.1 Å². The van der Waals surface area contributed by atoms with Crippen LogP contribution in [0.1, 0.15) is 19.9 Å². The van der Waals surface area contributed by atoms with Gasteiger partial charge < -0.3 is 30.7 Å². The fourth-order valence-electron chi connectivity index (χ4n) is 2.24. The Labute approximate surface area is 124 Å². The van der Waals surface area contributed by atoms with Gasteiger partial charge in [0, 0.05) is 0 Å². The molecule has 22 heavy (non-hydrogen) atoms. The minimum Gasteiger partial charge on any atom is -0.394 e. The first-order chi connectivity index (χ1) is 10.2. The average molecular weight is 313 g/mol. The van der Waals surface area contributed by atoms with Gasteiger partial charge in [-0.1, -0.05) is 0 Å². The topological polar surface area (TPSA) is 171 Å². The minimum atomic E-state index is -1.82. The van der Waals surface area contributed by atoms with Crippen molar-refractivity contribution in [3.8, 4) is 0 Å². The number of anilines is 1. The van der Waals surface area contributed by atoms with Crippen LogP contribution in [0.3, 0.4) is 0 Å². The monoisotopic (exact) mass is 313 g/mol. The van der Waals surface area contributed by atoms with Gasteiger partial charge in [-0.05, 0) is 13.8 Å². The number of aliphatic hydroxyl groups is 4. The smallest absolute Gasteiger partial charge is 0.280 e. The fourth-order valence-corrected chi connectivity index (χ4v) is 2.24. The van der Waals surface area contributed by atoms with Crippen molar-refractivity contribution in [2.24, 2.45) is 0 Å². The lowest BCUT2D eigenvalue weighted by Crippen LogP contribution is -2.52. The summed E-state index contributed by atoms with van der Waals surface area (Å²) in [6.45, 7) is 2.14. The van der Waals surface area contributed by atoms with E-state index in [1.807, 2.05) is 0 Å². The molecule has 2 unspecified atom stereocenters. The Morgan fingerprint density at radius 3 is 2.73 bits per heavy atom. The van der Waals surface area contributed by atoms with Crippen molar-refractivity contribution in [3.63, 3.8) is 0 Å². The fraction of sp³-hybridized carbons (Fsp3) is 0.583. The molecule has 7 N–H and O–H groups in total. The van der Waals surface area contributed by atoms with Crippen LogP contribution < -0.4 is 11.3 Å². The lowest BCUT2D eigenvalue weighted by atomic mass is 9.88. The Morgan fingerprint density at radius 2 is 2.14 bits per heavy atom. The molecule has 0 aromatic carbocycles. The summed E-state index contributed by atoms with van der Waals surface area (Å²) >= 11 is 0. The molecule has 2 aromatic heterocycles. The van der Waals surface area contributed by atoms with Gasteiger partial charge in [-0.25, -0.2) is 4.98 Å². The van der Waals surface area contributed by atoms with Crippen LogP contribution in [0.5, 0.6) is 0 Å². The summed E-state index contributed by atoms with van der Waals surface area (Å²) < 4.78 is 1.37.